The van der Waals surface area contributed by atoms with Gasteiger partial charge in [-0.15, -0.1) is 13.2 Å². The number of para-hydroxylation sites is 1. The minimum Gasteiger partial charge on any atom is -0.406 e. The lowest BCUT2D eigenvalue weighted by molar-refractivity contribution is -0.274. The number of aliphatic hydroxyl groups is 1. The van der Waals surface area contributed by atoms with Gasteiger partial charge in [0.2, 0.25) is 5.91 Å². The predicted molar refractivity (Wildman–Crippen MR) is 102 cm³/mol. The molecule has 0 spiro atoms. The molecule has 8 heteroatoms. The summed E-state index contributed by atoms with van der Waals surface area (Å²) in [4.78, 5) is 14.4. The molecule has 2 N–H and O–H groups in total. The molecule has 2 aromatic carbocycles. The number of hydrogen-bond acceptors (Lipinski definition) is 4. The van der Waals surface area contributed by atoms with E-state index in [4.69, 9.17) is 0 Å². The largest absolute Gasteiger partial charge is 0.573 e. The van der Waals surface area contributed by atoms with Gasteiger partial charge in [0.15, 0.2) is 0 Å². The second kappa shape index (κ2) is 7.26. The molecule has 154 valence electrons. The second-order valence-corrected chi connectivity index (χ2v) is 7.71. The van der Waals surface area contributed by atoms with E-state index in [0.717, 1.165) is 5.69 Å². The molecule has 1 heterocycles. The van der Waals surface area contributed by atoms with Gasteiger partial charge in [0.1, 0.15) is 5.75 Å². The maximum atomic E-state index is 12.8. The van der Waals surface area contributed by atoms with E-state index < -0.39 is 12.0 Å². The molecular weight excluding hydrogens is 385 g/mol. The molecule has 4 rings (SSSR count). The molecule has 1 amide bonds. The number of fused-ring (bicyclic) bond motifs is 1. The number of rotatable bonds is 5. The first-order chi connectivity index (χ1) is 13.7. The van der Waals surface area contributed by atoms with Crippen molar-refractivity contribution in [1.29, 1.82) is 0 Å². The van der Waals surface area contributed by atoms with Crippen molar-refractivity contribution in [3.63, 3.8) is 0 Å². The van der Waals surface area contributed by atoms with Gasteiger partial charge in [0, 0.05) is 30.4 Å². The van der Waals surface area contributed by atoms with Gasteiger partial charge in [-0.3, -0.25) is 4.79 Å². The van der Waals surface area contributed by atoms with Crippen LogP contribution in [0.2, 0.25) is 0 Å². The Morgan fingerprint density at radius 1 is 1.10 bits per heavy atom. The molecule has 1 aliphatic heterocycles. The van der Waals surface area contributed by atoms with E-state index in [0.29, 0.717) is 31.6 Å². The van der Waals surface area contributed by atoms with Crippen molar-refractivity contribution in [1.82, 2.24) is 0 Å². The Hall–Kier alpha value is -2.74. The summed E-state index contributed by atoms with van der Waals surface area (Å²) < 4.78 is 40.7. The highest BCUT2D eigenvalue weighted by atomic mass is 19.4. The van der Waals surface area contributed by atoms with E-state index in [1.807, 2.05) is 30.3 Å². The summed E-state index contributed by atoms with van der Waals surface area (Å²) in [6.07, 6.45) is -3.89. The number of carbonyl (C=O) groups excluding carboxylic acids is 1. The topological polar surface area (TPSA) is 61.8 Å². The van der Waals surface area contributed by atoms with Gasteiger partial charge in [0.25, 0.3) is 0 Å². The third-order valence-electron chi connectivity index (χ3n) is 5.59. The average Bonchev–Trinajstić information content (AvgIpc) is 3.15. The number of halogens is 3. The average molecular weight is 406 g/mol. The van der Waals surface area contributed by atoms with Gasteiger partial charge >= 0.3 is 6.36 Å². The Morgan fingerprint density at radius 2 is 1.79 bits per heavy atom. The van der Waals surface area contributed by atoms with E-state index in [9.17, 15) is 23.1 Å². The number of carbonyl (C=O) groups is 1. The molecule has 3 atom stereocenters. The molecule has 2 aromatic rings. The van der Waals surface area contributed by atoms with Crippen LogP contribution in [0.25, 0.3) is 0 Å². The van der Waals surface area contributed by atoms with Crippen LogP contribution in [0.15, 0.2) is 54.6 Å². The number of ether oxygens (including phenoxy) is 1. The Morgan fingerprint density at radius 3 is 2.41 bits per heavy atom. The Balaban J connectivity index is 1.38. The molecule has 29 heavy (non-hydrogen) atoms. The van der Waals surface area contributed by atoms with Gasteiger partial charge in [-0.25, -0.2) is 0 Å². The van der Waals surface area contributed by atoms with Crippen molar-refractivity contribution < 1.29 is 27.8 Å². The molecule has 2 aliphatic rings. The lowest BCUT2D eigenvalue weighted by Crippen LogP contribution is -2.38. The monoisotopic (exact) mass is 406 g/mol. The molecule has 2 fully saturated rings. The summed E-state index contributed by atoms with van der Waals surface area (Å²) in [6.45, 7) is 0.803. The number of amides is 1. The van der Waals surface area contributed by atoms with Crippen molar-refractivity contribution >= 4 is 17.3 Å². The first-order valence-corrected chi connectivity index (χ1v) is 9.41. The van der Waals surface area contributed by atoms with Crippen molar-refractivity contribution in [2.75, 3.05) is 23.3 Å². The summed E-state index contributed by atoms with van der Waals surface area (Å²) >= 11 is 0. The first kappa shape index (κ1) is 19.6. The number of nitrogens with one attached hydrogen (secondary N) is 1. The fourth-order valence-electron chi connectivity index (χ4n) is 4.32. The lowest BCUT2D eigenvalue weighted by atomic mass is 9.99. The van der Waals surface area contributed by atoms with Crippen LogP contribution in [0, 0.1) is 11.8 Å². The van der Waals surface area contributed by atoms with Crippen molar-refractivity contribution in [3.8, 4) is 5.75 Å². The van der Waals surface area contributed by atoms with Crippen LogP contribution < -0.4 is 15.0 Å². The van der Waals surface area contributed by atoms with Gasteiger partial charge < -0.3 is 20.1 Å². The highest BCUT2D eigenvalue weighted by Crippen LogP contribution is 2.46. The summed E-state index contributed by atoms with van der Waals surface area (Å²) in [7, 11) is 0. The number of alkyl halides is 3. The van der Waals surface area contributed by atoms with E-state index in [-0.39, 0.29) is 23.5 Å². The van der Waals surface area contributed by atoms with E-state index >= 15 is 0 Å². The normalized spacial score (nSPS) is 26.5. The van der Waals surface area contributed by atoms with E-state index in [1.165, 1.54) is 24.3 Å². The molecular formula is C21H21F3N2O3. The summed E-state index contributed by atoms with van der Waals surface area (Å²) in [5.41, 5.74) is 0.481. The highest BCUT2D eigenvalue weighted by Gasteiger charge is 2.52. The van der Waals surface area contributed by atoms with Crippen LogP contribution in [0.1, 0.15) is 12.8 Å². The molecule has 0 radical (unpaired) electrons. The van der Waals surface area contributed by atoms with Crippen LogP contribution in [0.4, 0.5) is 24.5 Å². The molecule has 1 saturated carbocycles. The lowest BCUT2D eigenvalue weighted by Gasteiger charge is -2.26. The molecule has 1 saturated heterocycles. The van der Waals surface area contributed by atoms with Crippen LogP contribution in [-0.4, -0.2) is 36.1 Å². The van der Waals surface area contributed by atoms with Gasteiger partial charge in [-0.1, -0.05) is 18.2 Å². The van der Waals surface area contributed by atoms with E-state index in [1.54, 1.807) is 4.90 Å². The maximum Gasteiger partial charge on any atom is 0.573 e. The smallest absolute Gasteiger partial charge is 0.406 e. The van der Waals surface area contributed by atoms with Crippen LogP contribution in [-0.2, 0) is 4.79 Å². The number of anilines is 2. The quantitative estimate of drug-likeness (QED) is 0.793. The first-order valence-electron chi connectivity index (χ1n) is 9.41. The maximum absolute atomic E-state index is 12.8. The van der Waals surface area contributed by atoms with Gasteiger partial charge in [-0.05, 0) is 55.2 Å². The zero-order valence-electron chi connectivity index (χ0n) is 15.5. The van der Waals surface area contributed by atoms with Crippen LogP contribution in [0.5, 0.6) is 5.75 Å². The Kier molecular flexibility index (Phi) is 4.90. The summed E-state index contributed by atoms with van der Waals surface area (Å²) in [5.74, 6) is -0.704. The second-order valence-electron chi connectivity index (χ2n) is 7.71. The minimum atomic E-state index is -4.75. The van der Waals surface area contributed by atoms with E-state index in [2.05, 4.69) is 10.1 Å². The molecule has 3 unspecified atom stereocenters. The summed E-state index contributed by atoms with van der Waals surface area (Å²) in [5, 5.41) is 14.1. The third-order valence-corrected chi connectivity index (χ3v) is 5.59. The minimum absolute atomic E-state index is 0.0103. The zero-order chi connectivity index (χ0) is 20.6. The van der Waals surface area contributed by atoms with Crippen LogP contribution in [0.3, 0.4) is 0 Å². The SMILES string of the molecule is O=C1C2CC(O)(CNc3ccccc3)CC2CN1c1ccc(OC(F)(F)F)cc1. The zero-order valence-corrected chi connectivity index (χ0v) is 15.5. The highest BCUT2D eigenvalue weighted by molar-refractivity contribution is 5.98. The molecule has 0 bridgehead atoms. The summed E-state index contributed by atoms with van der Waals surface area (Å²) in [6, 6.07) is 14.8. The fourth-order valence-corrected chi connectivity index (χ4v) is 4.32. The number of benzene rings is 2. The predicted octanol–water partition coefficient (Wildman–Crippen LogP) is 3.80. The van der Waals surface area contributed by atoms with Gasteiger partial charge in [0.05, 0.1) is 5.60 Å². The molecule has 1 aliphatic carbocycles. The number of hydrogen-bond donors (Lipinski definition) is 2. The van der Waals surface area contributed by atoms with Crippen molar-refractivity contribution in [2.45, 2.75) is 24.8 Å². The molecule has 5 nitrogen and oxygen atoms in total. The fraction of sp³-hybridized carbons (Fsp3) is 0.381. The standard InChI is InChI=1S/C21H21F3N2O3/c22-21(23,24)29-17-8-6-16(7-9-17)26-12-14-10-20(28,11-18(14)19(26)27)13-25-15-4-2-1-3-5-15/h1-9,14,18,25,28H,10-13H2. The molecule has 0 aromatic heterocycles. The Labute approximate surface area is 166 Å². The third kappa shape index (κ3) is 4.32. The van der Waals surface area contributed by atoms with Crippen LogP contribution >= 0.6 is 0 Å². The van der Waals surface area contributed by atoms with Crippen molar-refractivity contribution in [2.24, 2.45) is 11.8 Å². The number of nitrogens with zero attached hydrogens (tertiary/aromatic N) is 1. The Bertz CT molecular complexity index is 873. The van der Waals surface area contributed by atoms with Crippen molar-refractivity contribution in [3.05, 3.63) is 54.6 Å². The van der Waals surface area contributed by atoms with Gasteiger partial charge in [-0.2, -0.15) is 0 Å².